The minimum atomic E-state index is -0.401. The molecule has 106 valence electrons. The fraction of sp³-hybridized carbons (Fsp3) is 0.133. The maximum atomic E-state index is 11.1. The summed E-state index contributed by atoms with van der Waals surface area (Å²) in [6.07, 6.45) is 1.57. The van der Waals surface area contributed by atoms with Crippen LogP contribution in [-0.2, 0) is 6.54 Å². The summed E-state index contributed by atoms with van der Waals surface area (Å²) in [6.45, 7) is 2.76. The van der Waals surface area contributed by atoms with Crippen LogP contribution in [0.25, 0.3) is 10.9 Å². The number of hydrogen-bond donors (Lipinski definition) is 1. The van der Waals surface area contributed by atoms with Gasteiger partial charge in [-0.25, -0.2) is 4.98 Å². The van der Waals surface area contributed by atoms with Crippen molar-refractivity contribution in [1.29, 1.82) is 0 Å². The minimum absolute atomic E-state index is 0.0307. The topological polar surface area (TPSA) is 68.1 Å². The lowest BCUT2D eigenvalue weighted by Crippen LogP contribution is -2.00. The Kier molecular flexibility index (Phi) is 3.53. The van der Waals surface area contributed by atoms with E-state index in [1.165, 1.54) is 15.8 Å². The fourth-order valence-electron chi connectivity index (χ4n) is 2.22. The van der Waals surface area contributed by atoms with Crippen molar-refractivity contribution < 1.29 is 4.92 Å². The van der Waals surface area contributed by atoms with E-state index >= 15 is 0 Å². The molecule has 6 heteroatoms. The Morgan fingerprint density at radius 2 is 2.14 bits per heavy atom. The quantitative estimate of drug-likeness (QED) is 0.581. The molecular weight excluding hydrogens is 286 g/mol. The molecule has 0 aliphatic heterocycles. The third-order valence-corrected chi connectivity index (χ3v) is 4.19. The second-order valence-corrected chi connectivity index (χ2v) is 6.03. The molecule has 21 heavy (non-hydrogen) atoms. The standard InChI is InChI=1S/C15H13N3O2S/c1-10-4-5-11(21-10)9-17-13-6-7-14(18(19)20)15-12(13)3-2-8-16-15/h2-8,17H,9H2,1H3. The van der Waals surface area contributed by atoms with Gasteiger partial charge in [0.1, 0.15) is 5.52 Å². The normalized spacial score (nSPS) is 10.7. The van der Waals surface area contributed by atoms with Crippen molar-refractivity contribution in [2.24, 2.45) is 0 Å². The number of nitro groups is 1. The lowest BCUT2D eigenvalue weighted by atomic mass is 10.1. The van der Waals surface area contributed by atoms with E-state index in [9.17, 15) is 10.1 Å². The Morgan fingerprint density at radius 3 is 2.86 bits per heavy atom. The molecule has 3 aromatic rings. The number of nitro benzene ring substituents is 1. The zero-order valence-electron chi connectivity index (χ0n) is 11.4. The van der Waals surface area contributed by atoms with Crippen molar-refractivity contribution >= 4 is 33.6 Å². The van der Waals surface area contributed by atoms with Crippen molar-refractivity contribution in [3.63, 3.8) is 0 Å². The van der Waals surface area contributed by atoms with Gasteiger partial charge in [-0.3, -0.25) is 10.1 Å². The molecule has 5 nitrogen and oxygen atoms in total. The molecule has 0 atom stereocenters. The maximum Gasteiger partial charge on any atom is 0.295 e. The van der Waals surface area contributed by atoms with E-state index in [0.29, 0.717) is 12.1 Å². The van der Waals surface area contributed by atoms with Gasteiger partial charge < -0.3 is 5.32 Å². The molecule has 1 aromatic carbocycles. The van der Waals surface area contributed by atoms with E-state index in [1.54, 1.807) is 29.7 Å². The second kappa shape index (κ2) is 5.49. The van der Waals surface area contributed by atoms with Gasteiger partial charge >= 0.3 is 0 Å². The van der Waals surface area contributed by atoms with Crippen molar-refractivity contribution in [3.05, 3.63) is 62.5 Å². The highest BCUT2D eigenvalue weighted by atomic mass is 32.1. The van der Waals surface area contributed by atoms with Crippen LogP contribution in [0.2, 0.25) is 0 Å². The van der Waals surface area contributed by atoms with Crippen LogP contribution < -0.4 is 5.32 Å². The highest BCUT2D eigenvalue weighted by Gasteiger charge is 2.15. The molecule has 0 saturated heterocycles. The van der Waals surface area contributed by atoms with E-state index in [4.69, 9.17) is 0 Å². The molecular formula is C15H13N3O2S. The number of thiophene rings is 1. The monoisotopic (exact) mass is 299 g/mol. The van der Waals surface area contributed by atoms with Gasteiger partial charge in [-0.05, 0) is 37.3 Å². The SMILES string of the molecule is Cc1ccc(CNc2ccc([N+](=O)[O-])c3ncccc23)s1. The van der Waals surface area contributed by atoms with Crippen LogP contribution in [0.1, 0.15) is 9.75 Å². The summed E-state index contributed by atoms with van der Waals surface area (Å²) in [4.78, 5) is 17.3. The summed E-state index contributed by atoms with van der Waals surface area (Å²) in [6, 6.07) is 11.0. The molecule has 0 unspecified atom stereocenters. The highest BCUT2D eigenvalue weighted by Crippen LogP contribution is 2.30. The molecule has 0 fully saturated rings. The van der Waals surface area contributed by atoms with E-state index in [2.05, 4.69) is 29.4 Å². The molecule has 0 amide bonds. The lowest BCUT2D eigenvalue weighted by molar-refractivity contribution is -0.383. The van der Waals surface area contributed by atoms with Crippen molar-refractivity contribution in [2.75, 3.05) is 5.32 Å². The number of aryl methyl sites for hydroxylation is 1. The first-order chi connectivity index (χ1) is 10.1. The van der Waals surface area contributed by atoms with E-state index in [-0.39, 0.29) is 5.69 Å². The van der Waals surface area contributed by atoms with Crippen molar-refractivity contribution in [3.8, 4) is 0 Å². The number of hydrogen-bond acceptors (Lipinski definition) is 5. The summed E-state index contributed by atoms with van der Waals surface area (Å²) in [5.41, 5.74) is 1.30. The van der Waals surface area contributed by atoms with Crippen LogP contribution in [-0.4, -0.2) is 9.91 Å². The predicted molar refractivity (Wildman–Crippen MR) is 84.8 cm³/mol. The number of aromatic nitrogens is 1. The molecule has 0 spiro atoms. The maximum absolute atomic E-state index is 11.1. The van der Waals surface area contributed by atoms with Gasteiger partial charge in [0.25, 0.3) is 5.69 Å². The third-order valence-electron chi connectivity index (χ3n) is 3.19. The van der Waals surface area contributed by atoms with Crippen LogP contribution in [0.4, 0.5) is 11.4 Å². The molecule has 1 N–H and O–H groups in total. The van der Waals surface area contributed by atoms with Crippen LogP contribution in [0.3, 0.4) is 0 Å². The molecule has 0 aliphatic carbocycles. The number of pyridine rings is 1. The second-order valence-electron chi connectivity index (χ2n) is 4.65. The molecule has 2 heterocycles. The van der Waals surface area contributed by atoms with Gasteiger partial charge in [-0.15, -0.1) is 11.3 Å². The summed E-state index contributed by atoms with van der Waals surface area (Å²) >= 11 is 1.73. The van der Waals surface area contributed by atoms with Crippen LogP contribution in [0, 0.1) is 17.0 Å². The summed E-state index contributed by atoms with van der Waals surface area (Å²) in [5, 5.41) is 15.2. The molecule has 0 saturated carbocycles. The Hall–Kier alpha value is -2.47. The summed E-state index contributed by atoms with van der Waals surface area (Å²) in [5.74, 6) is 0. The molecule has 2 aromatic heterocycles. The largest absolute Gasteiger partial charge is 0.380 e. The zero-order chi connectivity index (χ0) is 14.8. The summed E-state index contributed by atoms with van der Waals surface area (Å²) in [7, 11) is 0. The highest BCUT2D eigenvalue weighted by molar-refractivity contribution is 7.11. The average Bonchev–Trinajstić information content (AvgIpc) is 2.90. The number of benzene rings is 1. The van der Waals surface area contributed by atoms with Gasteiger partial charge in [0.05, 0.1) is 4.92 Å². The first kappa shape index (κ1) is 13.5. The van der Waals surface area contributed by atoms with Gasteiger partial charge in [0.2, 0.25) is 0 Å². The number of anilines is 1. The van der Waals surface area contributed by atoms with Crippen LogP contribution in [0.15, 0.2) is 42.6 Å². The van der Waals surface area contributed by atoms with Crippen molar-refractivity contribution in [2.45, 2.75) is 13.5 Å². The number of non-ortho nitro benzene ring substituents is 1. The number of nitrogens with one attached hydrogen (secondary N) is 1. The zero-order valence-corrected chi connectivity index (χ0v) is 12.2. The smallest absolute Gasteiger partial charge is 0.295 e. The van der Waals surface area contributed by atoms with Crippen LogP contribution >= 0.6 is 11.3 Å². The first-order valence-corrected chi connectivity index (χ1v) is 7.28. The number of rotatable bonds is 4. The van der Waals surface area contributed by atoms with Gasteiger partial charge in [-0.2, -0.15) is 0 Å². The van der Waals surface area contributed by atoms with Gasteiger partial charge in [0, 0.05) is 39.6 Å². The Morgan fingerprint density at radius 1 is 1.29 bits per heavy atom. The minimum Gasteiger partial charge on any atom is -0.380 e. The van der Waals surface area contributed by atoms with Crippen LogP contribution in [0.5, 0.6) is 0 Å². The Balaban J connectivity index is 1.96. The Bertz CT molecular complexity index is 814. The number of fused-ring (bicyclic) bond motifs is 1. The predicted octanol–water partition coefficient (Wildman–Crippen LogP) is 4.13. The first-order valence-electron chi connectivity index (χ1n) is 6.46. The number of nitrogens with zero attached hydrogens (tertiary/aromatic N) is 2. The van der Waals surface area contributed by atoms with Gasteiger partial charge in [-0.1, -0.05) is 0 Å². The van der Waals surface area contributed by atoms with E-state index < -0.39 is 4.92 Å². The van der Waals surface area contributed by atoms with E-state index in [1.807, 2.05) is 6.07 Å². The van der Waals surface area contributed by atoms with Crippen molar-refractivity contribution in [1.82, 2.24) is 4.98 Å². The van der Waals surface area contributed by atoms with E-state index in [0.717, 1.165) is 11.1 Å². The third kappa shape index (κ3) is 2.71. The fourth-order valence-corrected chi connectivity index (χ4v) is 3.05. The molecule has 3 rings (SSSR count). The molecule has 0 aliphatic rings. The molecule has 0 radical (unpaired) electrons. The summed E-state index contributed by atoms with van der Waals surface area (Å²) < 4.78 is 0. The average molecular weight is 299 g/mol. The van der Waals surface area contributed by atoms with Gasteiger partial charge in [0.15, 0.2) is 0 Å². The lowest BCUT2D eigenvalue weighted by Gasteiger charge is -2.08. The molecule has 0 bridgehead atoms. The Labute approximate surface area is 125 Å².